The lowest BCUT2D eigenvalue weighted by molar-refractivity contribution is -0.0303. The van der Waals surface area contributed by atoms with Crippen LogP contribution in [-0.4, -0.2) is 49.2 Å². The third-order valence-electron chi connectivity index (χ3n) is 5.33. The van der Waals surface area contributed by atoms with Crippen LogP contribution in [0, 0.1) is 0 Å². The number of urea groups is 1. The molecule has 7 nitrogen and oxygen atoms in total. The summed E-state index contributed by atoms with van der Waals surface area (Å²) in [5.41, 5.74) is 2.23. The van der Waals surface area contributed by atoms with Crippen molar-refractivity contribution in [3.8, 4) is 5.75 Å². The molecule has 2 aliphatic rings. The van der Waals surface area contributed by atoms with E-state index < -0.39 is 0 Å². The van der Waals surface area contributed by atoms with Gasteiger partial charge in [0.15, 0.2) is 0 Å². The first-order valence-electron chi connectivity index (χ1n) is 9.83. The predicted octanol–water partition coefficient (Wildman–Crippen LogP) is 3.02. The molecule has 2 unspecified atom stereocenters. The summed E-state index contributed by atoms with van der Waals surface area (Å²) >= 11 is 0. The van der Waals surface area contributed by atoms with E-state index in [1.807, 2.05) is 29.2 Å². The molecule has 0 aromatic heterocycles. The summed E-state index contributed by atoms with van der Waals surface area (Å²) in [7, 11) is 1.62. The maximum absolute atomic E-state index is 12.7. The number of ether oxygens (including phenoxy) is 2. The van der Waals surface area contributed by atoms with Crippen LogP contribution in [0.5, 0.6) is 5.75 Å². The Morgan fingerprint density at radius 1 is 1.03 bits per heavy atom. The van der Waals surface area contributed by atoms with Crippen LogP contribution in [0.1, 0.15) is 28.8 Å². The second-order valence-corrected chi connectivity index (χ2v) is 7.40. The summed E-state index contributed by atoms with van der Waals surface area (Å²) in [4.78, 5) is 26.7. The molecule has 0 saturated carbocycles. The predicted molar refractivity (Wildman–Crippen MR) is 109 cm³/mol. The van der Waals surface area contributed by atoms with Crippen LogP contribution in [0.2, 0.25) is 0 Å². The van der Waals surface area contributed by atoms with Gasteiger partial charge in [-0.15, -0.1) is 0 Å². The maximum atomic E-state index is 12.7. The fraction of sp³-hybridized carbons (Fsp3) is 0.364. The summed E-state index contributed by atoms with van der Waals surface area (Å²) in [6.07, 6.45) is 2.41. The van der Waals surface area contributed by atoms with Crippen molar-refractivity contribution in [2.45, 2.75) is 31.6 Å². The van der Waals surface area contributed by atoms with E-state index in [9.17, 15) is 9.59 Å². The van der Waals surface area contributed by atoms with Crippen molar-refractivity contribution in [1.29, 1.82) is 0 Å². The van der Waals surface area contributed by atoms with Crippen molar-refractivity contribution < 1.29 is 19.1 Å². The molecular formula is C22H25N3O4. The second kappa shape index (κ2) is 8.53. The number of hydrogen-bond acceptors (Lipinski definition) is 4. The Labute approximate surface area is 170 Å². The third-order valence-corrected chi connectivity index (χ3v) is 5.33. The van der Waals surface area contributed by atoms with E-state index in [1.165, 1.54) is 0 Å². The molecule has 2 aliphatic heterocycles. The van der Waals surface area contributed by atoms with E-state index in [4.69, 9.17) is 9.47 Å². The minimum atomic E-state index is -0.301. The first-order valence-corrected chi connectivity index (χ1v) is 9.83. The average molecular weight is 395 g/mol. The van der Waals surface area contributed by atoms with Crippen LogP contribution >= 0.6 is 0 Å². The number of amides is 3. The minimum Gasteiger partial charge on any atom is -0.497 e. The van der Waals surface area contributed by atoms with Crippen molar-refractivity contribution in [2.24, 2.45) is 0 Å². The zero-order valence-corrected chi connectivity index (χ0v) is 16.4. The van der Waals surface area contributed by atoms with E-state index in [-0.39, 0.29) is 24.1 Å². The molecule has 2 aromatic carbocycles. The molecule has 2 fully saturated rings. The molecular weight excluding hydrogens is 370 g/mol. The van der Waals surface area contributed by atoms with Crippen LogP contribution in [0.3, 0.4) is 0 Å². The highest BCUT2D eigenvalue weighted by Gasteiger charge is 2.35. The number of nitrogens with zero attached hydrogens (tertiary/aromatic N) is 1. The Balaban J connectivity index is 1.28. The maximum Gasteiger partial charge on any atom is 0.319 e. The van der Waals surface area contributed by atoms with Gasteiger partial charge in [-0.05, 0) is 54.8 Å². The van der Waals surface area contributed by atoms with Gasteiger partial charge in [0.05, 0.1) is 19.3 Å². The van der Waals surface area contributed by atoms with Gasteiger partial charge in [0, 0.05) is 30.9 Å². The van der Waals surface area contributed by atoms with Gasteiger partial charge in [0.1, 0.15) is 5.75 Å². The van der Waals surface area contributed by atoms with Gasteiger partial charge < -0.3 is 25.0 Å². The highest BCUT2D eigenvalue weighted by atomic mass is 16.5. The topological polar surface area (TPSA) is 79.9 Å². The number of hydrogen-bond donors (Lipinski definition) is 2. The zero-order chi connectivity index (χ0) is 20.2. The minimum absolute atomic E-state index is 0.0145. The summed E-state index contributed by atoms with van der Waals surface area (Å²) in [6.45, 7) is 1.72. The highest BCUT2D eigenvalue weighted by molar-refractivity contribution is 5.95. The number of anilines is 1. The van der Waals surface area contributed by atoms with Crippen molar-refractivity contribution in [2.75, 3.05) is 25.5 Å². The lowest BCUT2D eigenvalue weighted by Gasteiger charge is -2.32. The number of benzene rings is 2. The lowest BCUT2D eigenvalue weighted by Crippen LogP contribution is -2.45. The van der Waals surface area contributed by atoms with E-state index >= 15 is 0 Å². The Hall–Kier alpha value is -3.06. The van der Waals surface area contributed by atoms with Gasteiger partial charge in [-0.25, -0.2) is 4.79 Å². The van der Waals surface area contributed by atoms with E-state index in [2.05, 4.69) is 10.6 Å². The first-order chi connectivity index (χ1) is 14.1. The van der Waals surface area contributed by atoms with Crippen LogP contribution < -0.4 is 15.4 Å². The number of carbonyl (C=O) groups excluding carboxylic acids is 2. The van der Waals surface area contributed by atoms with Crippen molar-refractivity contribution in [1.82, 2.24) is 10.2 Å². The SMILES string of the molecule is COc1ccc(CNC(=O)Nc2ccc(C(=O)N3CC4CCC(C3)O4)cc2)cc1. The summed E-state index contributed by atoms with van der Waals surface area (Å²) in [6, 6.07) is 14.2. The number of carbonyl (C=O) groups is 2. The van der Waals surface area contributed by atoms with E-state index in [1.54, 1.807) is 31.4 Å². The molecule has 2 aromatic rings. The second-order valence-electron chi connectivity index (χ2n) is 7.40. The Morgan fingerprint density at radius 2 is 1.69 bits per heavy atom. The number of rotatable bonds is 5. The molecule has 0 aliphatic carbocycles. The fourth-order valence-electron chi connectivity index (χ4n) is 3.76. The van der Waals surface area contributed by atoms with Gasteiger partial charge in [-0.2, -0.15) is 0 Å². The summed E-state index contributed by atoms with van der Waals surface area (Å²) in [5.74, 6) is 0.790. The molecule has 7 heteroatoms. The van der Waals surface area contributed by atoms with E-state index in [0.29, 0.717) is 30.9 Å². The molecule has 0 spiro atoms. The highest BCUT2D eigenvalue weighted by Crippen LogP contribution is 2.27. The average Bonchev–Trinajstić information content (AvgIpc) is 3.10. The van der Waals surface area contributed by atoms with Gasteiger partial charge in [-0.1, -0.05) is 12.1 Å². The fourth-order valence-corrected chi connectivity index (χ4v) is 3.76. The summed E-state index contributed by atoms with van der Waals surface area (Å²) < 4.78 is 10.9. The number of nitrogens with one attached hydrogen (secondary N) is 2. The van der Waals surface area contributed by atoms with Crippen molar-refractivity contribution in [3.63, 3.8) is 0 Å². The molecule has 0 radical (unpaired) electrons. The number of morpholine rings is 1. The Bertz CT molecular complexity index is 855. The van der Waals surface area contributed by atoms with Gasteiger partial charge in [0.25, 0.3) is 5.91 Å². The van der Waals surface area contributed by atoms with E-state index in [0.717, 1.165) is 24.2 Å². The number of likely N-dealkylation sites (tertiary alicyclic amines) is 1. The Morgan fingerprint density at radius 3 is 2.31 bits per heavy atom. The standard InChI is InChI=1S/C22H25N3O4/c1-28-18-8-2-15(3-9-18)12-23-22(27)24-17-6-4-16(5-7-17)21(26)25-13-19-10-11-20(14-25)29-19/h2-9,19-20H,10-14H2,1H3,(H2,23,24,27). The number of fused-ring (bicyclic) bond motifs is 2. The quantitative estimate of drug-likeness (QED) is 0.816. The van der Waals surface area contributed by atoms with Crippen LogP contribution in [0.25, 0.3) is 0 Å². The first kappa shape index (κ1) is 19.3. The van der Waals surface area contributed by atoms with Gasteiger partial charge >= 0.3 is 6.03 Å². The monoisotopic (exact) mass is 395 g/mol. The van der Waals surface area contributed by atoms with Crippen LogP contribution in [0.15, 0.2) is 48.5 Å². The smallest absolute Gasteiger partial charge is 0.319 e. The van der Waals surface area contributed by atoms with Crippen LogP contribution in [-0.2, 0) is 11.3 Å². The van der Waals surface area contributed by atoms with Gasteiger partial charge in [-0.3, -0.25) is 4.79 Å². The normalized spacial score (nSPS) is 20.2. The molecule has 2 atom stereocenters. The molecule has 4 rings (SSSR count). The molecule has 29 heavy (non-hydrogen) atoms. The Kier molecular flexibility index (Phi) is 5.67. The zero-order valence-electron chi connectivity index (χ0n) is 16.4. The van der Waals surface area contributed by atoms with Gasteiger partial charge in [0.2, 0.25) is 0 Å². The van der Waals surface area contributed by atoms with Crippen molar-refractivity contribution >= 4 is 17.6 Å². The van der Waals surface area contributed by atoms with Crippen molar-refractivity contribution in [3.05, 3.63) is 59.7 Å². The lowest BCUT2D eigenvalue weighted by atomic mass is 10.1. The third kappa shape index (κ3) is 4.68. The van der Waals surface area contributed by atoms with Crippen LogP contribution in [0.4, 0.5) is 10.5 Å². The largest absolute Gasteiger partial charge is 0.497 e. The summed E-state index contributed by atoms with van der Waals surface area (Å²) in [5, 5.41) is 5.60. The molecule has 2 bridgehead atoms. The molecule has 2 saturated heterocycles. The number of methoxy groups -OCH3 is 1. The molecule has 3 amide bonds. The molecule has 2 heterocycles. The molecule has 2 N–H and O–H groups in total. The molecule has 152 valence electrons.